The molecule has 2 aromatic carbocycles. The Morgan fingerprint density at radius 3 is 2.52 bits per heavy atom. The summed E-state index contributed by atoms with van der Waals surface area (Å²) in [6, 6.07) is 10.8. The monoisotopic (exact) mass is 433 g/mol. The highest BCUT2D eigenvalue weighted by atomic mass is 35.5. The molecule has 0 aromatic heterocycles. The van der Waals surface area contributed by atoms with Crippen LogP contribution in [-0.4, -0.2) is 43.4 Å². The maximum absolute atomic E-state index is 12.7. The summed E-state index contributed by atoms with van der Waals surface area (Å²) >= 11 is 7.15. The molecular formula is C21H20ClNO5S. The molecule has 8 heteroatoms. The van der Waals surface area contributed by atoms with E-state index in [0.717, 1.165) is 17.3 Å². The zero-order valence-electron chi connectivity index (χ0n) is 16.2. The van der Waals surface area contributed by atoms with E-state index in [9.17, 15) is 9.59 Å². The van der Waals surface area contributed by atoms with Crippen molar-refractivity contribution in [2.75, 3.05) is 27.4 Å². The Kier molecular flexibility index (Phi) is 6.71. The van der Waals surface area contributed by atoms with Gasteiger partial charge in [0.1, 0.15) is 12.4 Å². The van der Waals surface area contributed by atoms with Crippen molar-refractivity contribution in [1.82, 2.24) is 4.90 Å². The van der Waals surface area contributed by atoms with Crippen molar-refractivity contribution in [3.8, 4) is 17.2 Å². The fourth-order valence-electron chi connectivity index (χ4n) is 2.77. The van der Waals surface area contributed by atoms with Gasteiger partial charge >= 0.3 is 0 Å². The number of methoxy groups -OCH3 is 2. The molecule has 0 unspecified atom stereocenters. The van der Waals surface area contributed by atoms with Crippen molar-refractivity contribution in [3.05, 3.63) is 57.5 Å². The topological polar surface area (TPSA) is 65.1 Å². The summed E-state index contributed by atoms with van der Waals surface area (Å²) in [4.78, 5) is 26.4. The van der Waals surface area contributed by atoms with E-state index in [1.807, 2.05) is 31.2 Å². The van der Waals surface area contributed by atoms with Crippen molar-refractivity contribution in [2.24, 2.45) is 0 Å². The van der Waals surface area contributed by atoms with Crippen LogP contribution in [0.4, 0.5) is 4.79 Å². The average Bonchev–Trinajstić information content (AvgIpc) is 2.96. The first-order chi connectivity index (χ1) is 13.9. The van der Waals surface area contributed by atoms with Crippen LogP contribution >= 0.6 is 23.4 Å². The SMILES string of the molecule is COc1cc(Cl)c(/C=C2\SC(=O)N(CCOc3cccc(C)c3)C2=O)cc1OC. The van der Waals surface area contributed by atoms with Crippen molar-refractivity contribution >= 4 is 40.6 Å². The second kappa shape index (κ2) is 9.24. The summed E-state index contributed by atoms with van der Waals surface area (Å²) in [5, 5.41) is 0.0444. The fraction of sp³-hybridized carbons (Fsp3) is 0.238. The lowest BCUT2D eigenvalue weighted by Crippen LogP contribution is -2.32. The molecule has 0 spiro atoms. The van der Waals surface area contributed by atoms with Gasteiger partial charge in [-0.25, -0.2) is 0 Å². The Labute approximate surface area is 178 Å². The van der Waals surface area contributed by atoms with E-state index in [1.165, 1.54) is 19.1 Å². The van der Waals surface area contributed by atoms with Crippen LogP contribution in [0.5, 0.6) is 17.2 Å². The number of hydrogen-bond donors (Lipinski definition) is 0. The number of halogens is 1. The largest absolute Gasteiger partial charge is 0.493 e. The maximum atomic E-state index is 12.7. The Morgan fingerprint density at radius 1 is 1.10 bits per heavy atom. The minimum absolute atomic E-state index is 0.162. The predicted octanol–water partition coefficient (Wildman–Crippen LogP) is 4.78. The van der Waals surface area contributed by atoms with E-state index in [4.69, 9.17) is 25.8 Å². The standard InChI is InChI=1S/C21H20ClNO5S/c1-13-5-4-6-15(9-13)28-8-7-23-20(24)19(29-21(23)25)11-14-10-17(26-2)18(27-3)12-16(14)22/h4-6,9-12H,7-8H2,1-3H3/b19-11-. The Morgan fingerprint density at radius 2 is 1.83 bits per heavy atom. The minimum atomic E-state index is -0.376. The molecule has 152 valence electrons. The molecule has 3 rings (SSSR count). The zero-order valence-corrected chi connectivity index (χ0v) is 17.8. The number of rotatable bonds is 7. The average molecular weight is 434 g/mol. The van der Waals surface area contributed by atoms with E-state index in [1.54, 1.807) is 18.2 Å². The molecule has 29 heavy (non-hydrogen) atoms. The number of benzene rings is 2. The van der Waals surface area contributed by atoms with Crippen LogP contribution in [0.25, 0.3) is 6.08 Å². The number of carbonyl (C=O) groups excluding carboxylic acids is 2. The number of ether oxygens (including phenoxy) is 3. The summed E-state index contributed by atoms with van der Waals surface area (Å²) in [6.07, 6.45) is 1.58. The third-order valence-electron chi connectivity index (χ3n) is 4.24. The molecule has 6 nitrogen and oxygen atoms in total. The molecule has 2 aromatic rings. The molecule has 1 aliphatic heterocycles. The normalized spacial score (nSPS) is 15.2. The van der Waals surface area contributed by atoms with Crippen molar-refractivity contribution in [2.45, 2.75) is 6.92 Å². The maximum Gasteiger partial charge on any atom is 0.293 e. The van der Waals surface area contributed by atoms with Crippen molar-refractivity contribution in [3.63, 3.8) is 0 Å². The third-order valence-corrected chi connectivity index (χ3v) is 5.47. The van der Waals surface area contributed by atoms with Gasteiger partial charge < -0.3 is 14.2 Å². The van der Waals surface area contributed by atoms with Gasteiger partial charge in [0.25, 0.3) is 11.1 Å². The third kappa shape index (κ3) is 4.86. The second-order valence-electron chi connectivity index (χ2n) is 6.23. The molecule has 1 fully saturated rings. The quantitative estimate of drug-likeness (QED) is 0.585. The smallest absolute Gasteiger partial charge is 0.293 e. The van der Waals surface area contributed by atoms with Crippen LogP contribution in [0.1, 0.15) is 11.1 Å². The number of carbonyl (C=O) groups is 2. The molecule has 0 saturated carbocycles. The van der Waals surface area contributed by atoms with Crippen LogP contribution in [0.3, 0.4) is 0 Å². The first kappa shape index (κ1) is 21.1. The summed E-state index contributed by atoms with van der Waals surface area (Å²) in [5.41, 5.74) is 1.63. The van der Waals surface area contributed by atoms with E-state index in [0.29, 0.717) is 32.7 Å². The highest BCUT2D eigenvalue weighted by Crippen LogP contribution is 2.37. The molecule has 0 atom stereocenters. The molecule has 2 amide bonds. The molecule has 1 heterocycles. The van der Waals surface area contributed by atoms with Crippen LogP contribution in [-0.2, 0) is 4.79 Å². The Bertz CT molecular complexity index is 976. The second-order valence-corrected chi connectivity index (χ2v) is 7.63. The molecule has 1 aliphatic rings. The molecule has 0 N–H and O–H groups in total. The molecule has 0 aliphatic carbocycles. The molecule has 1 saturated heterocycles. The lowest BCUT2D eigenvalue weighted by atomic mass is 10.1. The first-order valence-corrected chi connectivity index (χ1v) is 9.98. The summed E-state index contributed by atoms with van der Waals surface area (Å²) in [6.45, 7) is 2.34. The number of amides is 2. The van der Waals surface area contributed by atoms with Crippen molar-refractivity contribution in [1.29, 1.82) is 0 Å². The molecule has 0 bridgehead atoms. The summed E-state index contributed by atoms with van der Waals surface area (Å²) < 4.78 is 16.1. The van der Waals surface area contributed by atoms with Crippen LogP contribution in [0.2, 0.25) is 5.02 Å². The Balaban J connectivity index is 1.71. The van der Waals surface area contributed by atoms with E-state index in [-0.39, 0.29) is 24.3 Å². The first-order valence-electron chi connectivity index (χ1n) is 8.79. The van der Waals surface area contributed by atoms with Gasteiger partial charge in [0.15, 0.2) is 11.5 Å². The number of aryl methyl sites for hydroxylation is 1. The van der Waals surface area contributed by atoms with Gasteiger partial charge in [-0.3, -0.25) is 14.5 Å². The van der Waals surface area contributed by atoms with E-state index >= 15 is 0 Å². The van der Waals surface area contributed by atoms with Gasteiger partial charge in [0.05, 0.1) is 30.7 Å². The zero-order chi connectivity index (χ0) is 21.0. The highest BCUT2D eigenvalue weighted by molar-refractivity contribution is 8.18. The van der Waals surface area contributed by atoms with Crippen LogP contribution < -0.4 is 14.2 Å². The minimum Gasteiger partial charge on any atom is -0.493 e. The number of nitrogens with zero attached hydrogens (tertiary/aromatic N) is 1. The van der Waals surface area contributed by atoms with Gasteiger partial charge in [-0.2, -0.15) is 0 Å². The van der Waals surface area contributed by atoms with Crippen LogP contribution in [0, 0.1) is 6.92 Å². The van der Waals surface area contributed by atoms with Crippen LogP contribution in [0.15, 0.2) is 41.3 Å². The number of hydrogen-bond acceptors (Lipinski definition) is 6. The van der Waals surface area contributed by atoms with Gasteiger partial charge in [-0.15, -0.1) is 0 Å². The summed E-state index contributed by atoms with van der Waals surface area (Å²) in [7, 11) is 3.02. The summed E-state index contributed by atoms with van der Waals surface area (Å²) in [5.74, 6) is 1.29. The lowest BCUT2D eigenvalue weighted by molar-refractivity contribution is -0.123. The number of imide groups is 1. The molecular weight excluding hydrogens is 414 g/mol. The Hall–Kier alpha value is -2.64. The van der Waals surface area contributed by atoms with E-state index < -0.39 is 0 Å². The number of thioether (sulfide) groups is 1. The van der Waals surface area contributed by atoms with Gasteiger partial charge in [-0.05, 0) is 54.1 Å². The molecule has 0 radical (unpaired) electrons. The lowest BCUT2D eigenvalue weighted by Gasteiger charge is -2.13. The van der Waals surface area contributed by atoms with Gasteiger partial charge in [-0.1, -0.05) is 23.7 Å². The van der Waals surface area contributed by atoms with E-state index in [2.05, 4.69) is 0 Å². The van der Waals surface area contributed by atoms with Crippen molar-refractivity contribution < 1.29 is 23.8 Å². The van der Waals surface area contributed by atoms with Gasteiger partial charge in [0.2, 0.25) is 0 Å². The highest BCUT2D eigenvalue weighted by Gasteiger charge is 2.35. The fourth-order valence-corrected chi connectivity index (χ4v) is 3.84. The van der Waals surface area contributed by atoms with Gasteiger partial charge in [0, 0.05) is 6.07 Å². The predicted molar refractivity (Wildman–Crippen MR) is 114 cm³/mol.